The largest absolute Gasteiger partial charge is 0.382 e. The lowest BCUT2D eigenvalue weighted by Gasteiger charge is -2.27. The van der Waals surface area contributed by atoms with Crippen molar-refractivity contribution in [3.63, 3.8) is 0 Å². The monoisotopic (exact) mass is 226 g/mol. The Labute approximate surface area is 93.8 Å². The molecule has 1 aromatic rings. The third kappa shape index (κ3) is 2.70. The summed E-state index contributed by atoms with van der Waals surface area (Å²) in [6.45, 7) is 0. The van der Waals surface area contributed by atoms with Gasteiger partial charge < -0.3 is 11.1 Å². The lowest BCUT2D eigenvalue weighted by molar-refractivity contribution is 0.411. The molecule has 1 aliphatic carbocycles. The highest BCUT2D eigenvalue weighted by molar-refractivity contribution is 5.44. The zero-order chi connectivity index (χ0) is 11.5. The topological polar surface area (TPSA) is 38.0 Å². The van der Waals surface area contributed by atoms with Gasteiger partial charge in [0.15, 0.2) is 11.6 Å². The quantitative estimate of drug-likeness (QED) is 0.813. The normalized spacial score (nSPS) is 25.4. The molecule has 0 saturated heterocycles. The molecule has 0 aliphatic heterocycles. The standard InChI is InChI=1S/C12H16F2N2/c13-11-6-5-10(7-12(11)14)16-9-3-1-8(15)2-4-9/h5-9,16H,1-4,15H2. The minimum absolute atomic E-state index is 0.294. The average molecular weight is 226 g/mol. The molecule has 0 bridgehead atoms. The molecule has 0 spiro atoms. The smallest absolute Gasteiger partial charge is 0.160 e. The van der Waals surface area contributed by atoms with Crippen LogP contribution in [0.3, 0.4) is 0 Å². The van der Waals surface area contributed by atoms with Crippen molar-refractivity contribution in [2.24, 2.45) is 5.73 Å². The molecule has 1 aromatic carbocycles. The molecule has 1 aliphatic rings. The lowest BCUT2D eigenvalue weighted by Crippen LogP contribution is -2.32. The fourth-order valence-corrected chi connectivity index (χ4v) is 2.09. The van der Waals surface area contributed by atoms with E-state index in [9.17, 15) is 8.78 Å². The first kappa shape index (κ1) is 11.3. The van der Waals surface area contributed by atoms with Crippen molar-refractivity contribution >= 4 is 5.69 Å². The van der Waals surface area contributed by atoms with Gasteiger partial charge in [-0.2, -0.15) is 0 Å². The van der Waals surface area contributed by atoms with Crippen LogP contribution >= 0.6 is 0 Å². The van der Waals surface area contributed by atoms with E-state index in [0.29, 0.717) is 17.8 Å². The van der Waals surface area contributed by atoms with E-state index in [1.807, 2.05) is 0 Å². The maximum Gasteiger partial charge on any atom is 0.160 e. The number of anilines is 1. The van der Waals surface area contributed by atoms with Crippen LogP contribution in [0.1, 0.15) is 25.7 Å². The van der Waals surface area contributed by atoms with Gasteiger partial charge in [0.25, 0.3) is 0 Å². The van der Waals surface area contributed by atoms with Crippen molar-refractivity contribution in [2.45, 2.75) is 37.8 Å². The SMILES string of the molecule is NC1CCC(Nc2ccc(F)c(F)c2)CC1. The van der Waals surface area contributed by atoms with E-state index in [4.69, 9.17) is 5.73 Å². The van der Waals surface area contributed by atoms with Crippen LogP contribution in [0.2, 0.25) is 0 Å². The van der Waals surface area contributed by atoms with E-state index in [-0.39, 0.29) is 0 Å². The molecule has 1 saturated carbocycles. The number of halogens is 2. The van der Waals surface area contributed by atoms with Crippen molar-refractivity contribution in [3.8, 4) is 0 Å². The molecular weight excluding hydrogens is 210 g/mol. The summed E-state index contributed by atoms with van der Waals surface area (Å²) in [5, 5.41) is 3.21. The van der Waals surface area contributed by atoms with Gasteiger partial charge in [0.05, 0.1) is 0 Å². The van der Waals surface area contributed by atoms with E-state index in [2.05, 4.69) is 5.32 Å². The van der Waals surface area contributed by atoms with E-state index in [1.54, 1.807) is 6.07 Å². The number of benzene rings is 1. The minimum Gasteiger partial charge on any atom is -0.382 e. The summed E-state index contributed by atoms with van der Waals surface area (Å²) in [6.07, 6.45) is 3.95. The molecule has 3 N–H and O–H groups in total. The number of nitrogens with one attached hydrogen (secondary N) is 1. The summed E-state index contributed by atoms with van der Waals surface area (Å²) in [4.78, 5) is 0. The molecule has 0 unspecified atom stereocenters. The van der Waals surface area contributed by atoms with Crippen molar-refractivity contribution in [1.82, 2.24) is 0 Å². The Morgan fingerprint density at radius 2 is 1.75 bits per heavy atom. The highest BCUT2D eigenvalue weighted by Crippen LogP contribution is 2.22. The second kappa shape index (κ2) is 4.78. The van der Waals surface area contributed by atoms with Crippen LogP contribution in [0, 0.1) is 11.6 Å². The van der Waals surface area contributed by atoms with Crippen molar-refractivity contribution < 1.29 is 8.78 Å². The van der Waals surface area contributed by atoms with Gasteiger partial charge in [0.1, 0.15) is 0 Å². The Hall–Kier alpha value is -1.16. The molecule has 16 heavy (non-hydrogen) atoms. The van der Waals surface area contributed by atoms with E-state index in [0.717, 1.165) is 31.7 Å². The van der Waals surface area contributed by atoms with Crippen LogP contribution in [-0.4, -0.2) is 12.1 Å². The van der Waals surface area contributed by atoms with Crippen molar-refractivity contribution in [1.29, 1.82) is 0 Å². The molecule has 88 valence electrons. The van der Waals surface area contributed by atoms with Gasteiger partial charge >= 0.3 is 0 Å². The third-order valence-electron chi connectivity index (χ3n) is 3.06. The highest BCUT2D eigenvalue weighted by Gasteiger charge is 2.18. The molecule has 2 nitrogen and oxygen atoms in total. The van der Waals surface area contributed by atoms with Gasteiger partial charge in [-0.15, -0.1) is 0 Å². The predicted octanol–water partition coefficient (Wildman–Crippen LogP) is 2.65. The second-order valence-corrected chi connectivity index (χ2v) is 4.38. The van der Waals surface area contributed by atoms with E-state index >= 15 is 0 Å². The van der Waals surface area contributed by atoms with Gasteiger partial charge in [-0.3, -0.25) is 0 Å². The van der Waals surface area contributed by atoms with Crippen LogP contribution < -0.4 is 11.1 Å². The average Bonchev–Trinajstić information content (AvgIpc) is 2.27. The fourth-order valence-electron chi connectivity index (χ4n) is 2.09. The zero-order valence-electron chi connectivity index (χ0n) is 9.05. The Morgan fingerprint density at radius 1 is 1.06 bits per heavy atom. The van der Waals surface area contributed by atoms with E-state index < -0.39 is 11.6 Å². The first-order valence-electron chi connectivity index (χ1n) is 5.62. The number of nitrogens with two attached hydrogens (primary N) is 1. The van der Waals surface area contributed by atoms with Crippen molar-refractivity contribution in [2.75, 3.05) is 5.32 Å². The third-order valence-corrected chi connectivity index (χ3v) is 3.06. The summed E-state index contributed by atoms with van der Waals surface area (Å²) in [6, 6.07) is 4.52. The molecule has 2 rings (SSSR count). The molecule has 0 radical (unpaired) electrons. The van der Waals surface area contributed by atoms with Crippen LogP contribution in [0.5, 0.6) is 0 Å². The second-order valence-electron chi connectivity index (χ2n) is 4.38. The van der Waals surface area contributed by atoms with Crippen molar-refractivity contribution in [3.05, 3.63) is 29.8 Å². The number of hydrogen-bond acceptors (Lipinski definition) is 2. The first-order valence-corrected chi connectivity index (χ1v) is 5.62. The molecule has 4 heteroatoms. The summed E-state index contributed by atoms with van der Waals surface area (Å²) in [5.41, 5.74) is 6.44. The molecule has 0 heterocycles. The fraction of sp³-hybridized carbons (Fsp3) is 0.500. The van der Waals surface area contributed by atoms with Crippen LogP contribution in [0.25, 0.3) is 0 Å². The Balaban J connectivity index is 1.96. The van der Waals surface area contributed by atoms with E-state index in [1.165, 1.54) is 6.07 Å². The predicted molar refractivity (Wildman–Crippen MR) is 60.2 cm³/mol. The maximum atomic E-state index is 13.0. The summed E-state index contributed by atoms with van der Waals surface area (Å²) in [7, 11) is 0. The van der Waals surface area contributed by atoms with Gasteiger partial charge in [-0.25, -0.2) is 8.78 Å². The molecule has 0 amide bonds. The van der Waals surface area contributed by atoms with Gasteiger partial charge in [0.2, 0.25) is 0 Å². The van der Waals surface area contributed by atoms with Gasteiger partial charge in [-0.1, -0.05) is 0 Å². The minimum atomic E-state index is -0.809. The first-order chi connectivity index (χ1) is 7.65. The maximum absolute atomic E-state index is 13.0. The molecule has 1 fully saturated rings. The molecular formula is C12H16F2N2. The van der Waals surface area contributed by atoms with Gasteiger partial charge in [-0.05, 0) is 37.8 Å². The Morgan fingerprint density at radius 3 is 2.38 bits per heavy atom. The Bertz CT molecular complexity index is 360. The number of hydrogen-bond donors (Lipinski definition) is 2. The molecule has 0 aromatic heterocycles. The summed E-state index contributed by atoms with van der Waals surface area (Å²) >= 11 is 0. The van der Waals surface area contributed by atoms with Crippen LogP contribution in [0.15, 0.2) is 18.2 Å². The summed E-state index contributed by atoms with van der Waals surface area (Å²) in [5.74, 6) is -1.62. The summed E-state index contributed by atoms with van der Waals surface area (Å²) < 4.78 is 25.7. The van der Waals surface area contributed by atoms with Crippen LogP contribution in [-0.2, 0) is 0 Å². The number of rotatable bonds is 2. The Kier molecular flexibility index (Phi) is 3.39. The van der Waals surface area contributed by atoms with Crippen LogP contribution in [0.4, 0.5) is 14.5 Å². The van der Waals surface area contributed by atoms with Gasteiger partial charge in [0, 0.05) is 23.8 Å². The lowest BCUT2D eigenvalue weighted by atomic mass is 9.92. The zero-order valence-corrected chi connectivity index (χ0v) is 9.05. The highest BCUT2D eigenvalue weighted by atomic mass is 19.2. The molecule has 0 atom stereocenters.